The van der Waals surface area contributed by atoms with Gasteiger partial charge in [-0.2, -0.15) is 5.10 Å². The van der Waals surface area contributed by atoms with Crippen molar-refractivity contribution in [3.05, 3.63) is 34.4 Å². The highest BCUT2D eigenvalue weighted by molar-refractivity contribution is 7.98. The molecule has 1 unspecified atom stereocenters. The van der Waals surface area contributed by atoms with E-state index in [2.05, 4.69) is 40.3 Å². The second kappa shape index (κ2) is 9.16. The molecule has 142 valence electrons. The van der Waals surface area contributed by atoms with Crippen molar-refractivity contribution in [2.24, 2.45) is 5.92 Å². The summed E-state index contributed by atoms with van der Waals surface area (Å²) in [4.78, 5) is 21.2. The Hall–Kier alpha value is -1.89. The first kappa shape index (κ1) is 20.4. The lowest BCUT2D eigenvalue weighted by Crippen LogP contribution is -2.30. The maximum atomic E-state index is 12.2. The van der Waals surface area contributed by atoms with Gasteiger partial charge in [0.15, 0.2) is 5.16 Å². The van der Waals surface area contributed by atoms with Crippen molar-refractivity contribution < 1.29 is 4.79 Å². The van der Waals surface area contributed by atoms with Crippen LogP contribution in [0, 0.1) is 33.6 Å². The molecular formula is C19H29N5OS. The molecule has 1 atom stereocenters. The summed E-state index contributed by atoms with van der Waals surface area (Å²) in [5.74, 6) is 0.391. The molecule has 1 amide bonds. The lowest BCUT2D eigenvalue weighted by molar-refractivity contribution is -0.121. The lowest BCUT2D eigenvalue weighted by Gasteiger charge is -2.14. The molecule has 0 aromatic carbocycles. The number of hydrogen-bond donors (Lipinski definition) is 1. The molecule has 7 heteroatoms. The molecule has 2 aromatic heterocycles. The molecule has 0 aliphatic heterocycles. The summed E-state index contributed by atoms with van der Waals surface area (Å²) in [6.45, 7) is 11.6. The van der Waals surface area contributed by atoms with Gasteiger partial charge in [-0.1, -0.05) is 18.7 Å². The summed E-state index contributed by atoms with van der Waals surface area (Å²) in [7, 11) is 0. The van der Waals surface area contributed by atoms with Crippen LogP contribution in [0.5, 0.6) is 0 Å². The molecule has 0 spiro atoms. The van der Waals surface area contributed by atoms with E-state index in [9.17, 15) is 4.79 Å². The predicted molar refractivity (Wildman–Crippen MR) is 105 cm³/mol. The third kappa shape index (κ3) is 5.56. The number of nitrogens with one attached hydrogen (secondary N) is 1. The molecule has 0 bridgehead atoms. The smallest absolute Gasteiger partial charge is 0.220 e. The molecule has 0 radical (unpaired) electrons. The van der Waals surface area contributed by atoms with Crippen molar-refractivity contribution in [3.8, 4) is 0 Å². The van der Waals surface area contributed by atoms with Crippen LogP contribution in [0.25, 0.3) is 0 Å². The van der Waals surface area contributed by atoms with Gasteiger partial charge in [-0.15, -0.1) is 0 Å². The van der Waals surface area contributed by atoms with Crippen LogP contribution in [0.15, 0.2) is 11.2 Å². The van der Waals surface area contributed by atoms with Crippen molar-refractivity contribution in [1.82, 2.24) is 25.1 Å². The number of thioether (sulfide) groups is 1. The Morgan fingerprint density at radius 3 is 2.42 bits per heavy atom. The first-order valence-corrected chi connectivity index (χ1v) is 10.2. The molecule has 0 fully saturated rings. The normalized spacial score (nSPS) is 12.2. The van der Waals surface area contributed by atoms with Crippen molar-refractivity contribution in [2.45, 2.75) is 59.2 Å². The summed E-state index contributed by atoms with van der Waals surface area (Å²) in [5.41, 5.74) is 5.19. The average molecular weight is 376 g/mol. The van der Waals surface area contributed by atoms with Gasteiger partial charge in [-0.25, -0.2) is 9.97 Å². The fourth-order valence-corrected chi connectivity index (χ4v) is 3.45. The number of aromatic nitrogens is 4. The van der Waals surface area contributed by atoms with Gasteiger partial charge in [0.1, 0.15) is 0 Å². The van der Waals surface area contributed by atoms with Gasteiger partial charge in [0.2, 0.25) is 5.91 Å². The minimum absolute atomic E-state index is 0.0676. The fraction of sp³-hybridized carbons (Fsp3) is 0.579. The van der Waals surface area contributed by atoms with Gasteiger partial charge >= 0.3 is 0 Å². The van der Waals surface area contributed by atoms with E-state index in [1.807, 2.05) is 31.7 Å². The maximum absolute atomic E-state index is 12.2. The van der Waals surface area contributed by atoms with Crippen LogP contribution < -0.4 is 5.32 Å². The number of amides is 1. The second-order valence-corrected chi connectivity index (χ2v) is 7.65. The largest absolute Gasteiger partial charge is 0.356 e. The van der Waals surface area contributed by atoms with Gasteiger partial charge in [0, 0.05) is 36.6 Å². The SMILES string of the molecule is CSc1nc(C)c(CCC(=O)NCC(C)Cn2nc(C)cc2C)c(C)n1. The summed E-state index contributed by atoms with van der Waals surface area (Å²) in [5, 5.41) is 8.29. The minimum Gasteiger partial charge on any atom is -0.356 e. The molecule has 2 rings (SSSR count). The lowest BCUT2D eigenvalue weighted by atomic mass is 10.1. The summed E-state index contributed by atoms with van der Waals surface area (Å²) in [6, 6.07) is 2.07. The number of carbonyl (C=O) groups is 1. The van der Waals surface area contributed by atoms with E-state index < -0.39 is 0 Å². The van der Waals surface area contributed by atoms with Crippen LogP contribution in [0.4, 0.5) is 0 Å². The first-order valence-electron chi connectivity index (χ1n) is 8.96. The second-order valence-electron chi connectivity index (χ2n) is 6.88. The molecule has 0 saturated heterocycles. The van der Waals surface area contributed by atoms with Gasteiger partial charge in [0.25, 0.3) is 0 Å². The Morgan fingerprint density at radius 1 is 1.23 bits per heavy atom. The molecule has 2 heterocycles. The van der Waals surface area contributed by atoms with Crippen molar-refractivity contribution in [3.63, 3.8) is 0 Å². The van der Waals surface area contributed by atoms with E-state index >= 15 is 0 Å². The van der Waals surface area contributed by atoms with E-state index in [1.165, 1.54) is 11.8 Å². The van der Waals surface area contributed by atoms with Crippen molar-refractivity contribution in [2.75, 3.05) is 12.8 Å². The van der Waals surface area contributed by atoms with Gasteiger partial charge < -0.3 is 5.32 Å². The third-order valence-electron chi connectivity index (χ3n) is 4.42. The Kier molecular flexibility index (Phi) is 7.20. The first-order chi connectivity index (χ1) is 12.3. The molecule has 26 heavy (non-hydrogen) atoms. The zero-order valence-electron chi connectivity index (χ0n) is 16.6. The Morgan fingerprint density at radius 2 is 1.88 bits per heavy atom. The Labute approximate surface area is 160 Å². The molecule has 6 nitrogen and oxygen atoms in total. The maximum Gasteiger partial charge on any atom is 0.220 e. The monoisotopic (exact) mass is 375 g/mol. The predicted octanol–water partition coefficient (Wildman–Crippen LogP) is 3.01. The topological polar surface area (TPSA) is 72.7 Å². The average Bonchev–Trinajstić information content (AvgIpc) is 2.89. The molecule has 1 N–H and O–H groups in total. The Bertz CT molecular complexity index is 748. The van der Waals surface area contributed by atoms with Gasteiger partial charge in [-0.3, -0.25) is 9.48 Å². The standard InChI is InChI=1S/C19H29N5OS/c1-12(11-24-14(3)9-13(2)23-24)10-20-18(25)8-7-17-15(4)21-19(26-6)22-16(17)5/h9,12H,7-8,10-11H2,1-6H3,(H,20,25). The van der Waals surface area contributed by atoms with E-state index in [4.69, 9.17) is 0 Å². The molecule has 0 aliphatic rings. The van der Waals surface area contributed by atoms with Crippen LogP contribution >= 0.6 is 11.8 Å². The number of hydrogen-bond acceptors (Lipinski definition) is 5. The van der Waals surface area contributed by atoms with Gasteiger partial charge in [0.05, 0.1) is 5.69 Å². The Balaban J connectivity index is 1.81. The van der Waals surface area contributed by atoms with Crippen LogP contribution in [0.2, 0.25) is 0 Å². The number of carbonyl (C=O) groups excluding carboxylic acids is 1. The third-order valence-corrected chi connectivity index (χ3v) is 4.97. The zero-order valence-corrected chi connectivity index (χ0v) is 17.4. The quantitative estimate of drug-likeness (QED) is 0.567. The number of rotatable bonds is 8. The van der Waals surface area contributed by atoms with E-state index in [0.717, 1.165) is 40.0 Å². The molecule has 0 aliphatic carbocycles. The van der Waals surface area contributed by atoms with Crippen molar-refractivity contribution in [1.29, 1.82) is 0 Å². The van der Waals surface area contributed by atoms with Gasteiger partial charge in [-0.05, 0) is 57.9 Å². The fourth-order valence-electron chi connectivity index (χ4n) is 3.00. The molecule has 2 aromatic rings. The summed E-state index contributed by atoms with van der Waals surface area (Å²) < 4.78 is 2.00. The van der Waals surface area contributed by atoms with E-state index in [-0.39, 0.29) is 5.91 Å². The van der Waals surface area contributed by atoms with Crippen LogP contribution in [0.3, 0.4) is 0 Å². The minimum atomic E-state index is 0.0676. The van der Waals surface area contributed by atoms with Crippen LogP contribution in [-0.4, -0.2) is 38.5 Å². The van der Waals surface area contributed by atoms with Crippen molar-refractivity contribution >= 4 is 17.7 Å². The highest BCUT2D eigenvalue weighted by Crippen LogP contribution is 2.17. The van der Waals surface area contributed by atoms with Crippen LogP contribution in [0.1, 0.15) is 41.7 Å². The van der Waals surface area contributed by atoms with Crippen LogP contribution in [-0.2, 0) is 17.8 Å². The number of nitrogens with zero attached hydrogens (tertiary/aromatic N) is 4. The molecule has 0 saturated carbocycles. The summed E-state index contributed by atoms with van der Waals surface area (Å²) >= 11 is 1.54. The molecular weight excluding hydrogens is 346 g/mol. The number of aryl methyl sites for hydroxylation is 4. The van der Waals surface area contributed by atoms with E-state index in [1.54, 1.807) is 0 Å². The van der Waals surface area contributed by atoms with E-state index in [0.29, 0.717) is 25.3 Å². The highest BCUT2D eigenvalue weighted by atomic mass is 32.2. The highest BCUT2D eigenvalue weighted by Gasteiger charge is 2.12. The summed E-state index contributed by atoms with van der Waals surface area (Å²) in [6.07, 6.45) is 3.09. The zero-order chi connectivity index (χ0) is 19.3.